The molecule has 128 valence electrons. The summed E-state index contributed by atoms with van der Waals surface area (Å²) in [7, 11) is 1.60. The van der Waals surface area contributed by atoms with Crippen LogP contribution in [0.2, 0.25) is 0 Å². The summed E-state index contributed by atoms with van der Waals surface area (Å²) in [5.41, 5.74) is 4.38. The molecular formula is C20H20N2O3. The minimum absolute atomic E-state index is 0.160. The second-order valence-corrected chi connectivity index (χ2v) is 5.95. The SMILES string of the molecule is CNC(=O)c1ccccc1NCc1cc(=O)oc2c(C)c(C)ccc12. The Bertz CT molecular complexity index is 1010. The fourth-order valence-electron chi connectivity index (χ4n) is 2.83. The molecule has 2 N–H and O–H groups in total. The summed E-state index contributed by atoms with van der Waals surface area (Å²) < 4.78 is 5.40. The Labute approximate surface area is 145 Å². The number of anilines is 1. The fraction of sp³-hybridized carbons (Fsp3) is 0.200. The molecule has 3 rings (SSSR count). The van der Waals surface area contributed by atoms with Gasteiger partial charge in [0.1, 0.15) is 5.58 Å². The highest BCUT2D eigenvalue weighted by Gasteiger charge is 2.12. The Morgan fingerprint density at radius 1 is 1.12 bits per heavy atom. The molecule has 0 bridgehead atoms. The van der Waals surface area contributed by atoms with Crippen molar-refractivity contribution in [3.63, 3.8) is 0 Å². The number of para-hydroxylation sites is 1. The smallest absolute Gasteiger partial charge is 0.336 e. The molecule has 0 atom stereocenters. The maximum absolute atomic E-state index is 12.0. The molecule has 0 aliphatic carbocycles. The van der Waals surface area contributed by atoms with Gasteiger partial charge in [-0.2, -0.15) is 0 Å². The van der Waals surface area contributed by atoms with E-state index in [1.54, 1.807) is 13.1 Å². The van der Waals surface area contributed by atoms with Crippen molar-refractivity contribution >= 4 is 22.6 Å². The van der Waals surface area contributed by atoms with Crippen molar-refractivity contribution in [2.75, 3.05) is 12.4 Å². The molecular weight excluding hydrogens is 316 g/mol. The Balaban J connectivity index is 1.99. The Hall–Kier alpha value is -3.08. The van der Waals surface area contributed by atoms with Crippen LogP contribution in [0, 0.1) is 13.8 Å². The summed E-state index contributed by atoms with van der Waals surface area (Å²) in [6, 6.07) is 12.7. The molecule has 0 saturated heterocycles. The predicted octanol–water partition coefficient (Wildman–Crippen LogP) is 3.38. The van der Waals surface area contributed by atoms with Crippen molar-refractivity contribution in [2.45, 2.75) is 20.4 Å². The first kappa shape index (κ1) is 16.8. The van der Waals surface area contributed by atoms with Crippen LogP contribution < -0.4 is 16.3 Å². The zero-order valence-corrected chi connectivity index (χ0v) is 14.5. The largest absolute Gasteiger partial charge is 0.422 e. The third-order valence-electron chi connectivity index (χ3n) is 4.39. The summed E-state index contributed by atoms with van der Waals surface area (Å²) in [6.45, 7) is 4.34. The standard InChI is InChI=1S/C20H20N2O3/c1-12-8-9-15-14(10-18(23)25-19(15)13(12)2)11-22-17-7-5-4-6-16(17)20(24)21-3/h4-10,22H,11H2,1-3H3,(H,21,24). The second kappa shape index (κ2) is 6.81. The molecule has 1 aromatic heterocycles. The molecule has 1 heterocycles. The van der Waals surface area contributed by atoms with Gasteiger partial charge in [0, 0.05) is 30.7 Å². The number of carbonyl (C=O) groups excluding carboxylic acids is 1. The van der Waals surface area contributed by atoms with Gasteiger partial charge in [0.15, 0.2) is 0 Å². The van der Waals surface area contributed by atoms with Crippen molar-refractivity contribution in [1.29, 1.82) is 0 Å². The molecule has 0 aliphatic heterocycles. The number of hydrogen-bond acceptors (Lipinski definition) is 4. The van der Waals surface area contributed by atoms with Crippen LogP contribution in [0.1, 0.15) is 27.0 Å². The maximum Gasteiger partial charge on any atom is 0.336 e. The van der Waals surface area contributed by atoms with Crippen LogP contribution in [0.4, 0.5) is 5.69 Å². The van der Waals surface area contributed by atoms with E-state index in [1.807, 2.05) is 44.2 Å². The summed E-state index contributed by atoms with van der Waals surface area (Å²) >= 11 is 0. The number of rotatable bonds is 4. The minimum atomic E-state index is -0.377. The molecule has 2 aromatic carbocycles. The Morgan fingerprint density at radius 2 is 1.88 bits per heavy atom. The van der Waals surface area contributed by atoms with Crippen molar-refractivity contribution in [3.8, 4) is 0 Å². The average molecular weight is 336 g/mol. The van der Waals surface area contributed by atoms with Crippen LogP contribution in [-0.2, 0) is 6.54 Å². The molecule has 0 fully saturated rings. The molecule has 0 unspecified atom stereocenters. The number of benzene rings is 2. The lowest BCUT2D eigenvalue weighted by atomic mass is 10.0. The summed E-state index contributed by atoms with van der Waals surface area (Å²) in [4.78, 5) is 23.9. The lowest BCUT2D eigenvalue weighted by Gasteiger charge is -2.13. The Morgan fingerprint density at radius 3 is 2.64 bits per heavy atom. The van der Waals surface area contributed by atoms with Gasteiger partial charge in [-0.1, -0.05) is 24.3 Å². The highest BCUT2D eigenvalue weighted by Crippen LogP contribution is 2.24. The lowest BCUT2D eigenvalue weighted by molar-refractivity contribution is 0.0964. The van der Waals surface area contributed by atoms with Gasteiger partial charge in [-0.3, -0.25) is 4.79 Å². The lowest BCUT2D eigenvalue weighted by Crippen LogP contribution is -2.19. The van der Waals surface area contributed by atoms with Crippen LogP contribution in [0.3, 0.4) is 0 Å². The molecule has 25 heavy (non-hydrogen) atoms. The molecule has 5 heteroatoms. The predicted molar refractivity (Wildman–Crippen MR) is 99.1 cm³/mol. The van der Waals surface area contributed by atoms with E-state index in [4.69, 9.17) is 4.42 Å². The first-order valence-electron chi connectivity index (χ1n) is 8.09. The first-order chi connectivity index (χ1) is 12.0. The van der Waals surface area contributed by atoms with Gasteiger partial charge in [-0.15, -0.1) is 0 Å². The topological polar surface area (TPSA) is 71.3 Å². The van der Waals surface area contributed by atoms with E-state index in [-0.39, 0.29) is 11.5 Å². The van der Waals surface area contributed by atoms with Crippen molar-refractivity contribution in [2.24, 2.45) is 0 Å². The number of nitrogens with one attached hydrogen (secondary N) is 2. The number of hydrogen-bond donors (Lipinski definition) is 2. The van der Waals surface area contributed by atoms with E-state index in [2.05, 4.69) is 10.6 Å². The third-order valence-corrected chi connectivity index (χ3v) is 4.39. The summed E-state index contributed by atoms with van der Waals surface area (Å²) in [5.74, 6) is -0.160. The van der Waals surface area contributed by atoms with Crippen LogP contribution >= 0.6 is 0 Å². The Kier molecular flexibility index (Phi) is 4.57. The fourth-order valence-corrected chi connectivity index (χ4v) is 2.83. The van der Waals surface area contributed by atoms with E-state index in [1.165, 1.54) is 6.07 Å². The van der Waals surface area contributed by atoms with Crippen LogP contribution in [0.15, 0.2) is 51.7 Å². The molecule has 0 aliphatic rings. The van der Waals surface area contributed by atoms with Gasteiger partial charge >= 0.3 is 5.63 Å². The third kappa shape index (κ3) is 3.26. The van der Waals surface area contributed by atoms with Crippen molar-refractivity contribution in [1.82, 2.24) is 5.32 Å². The van der Waals surface area contributed by atoms with Gasteiger partial charge in [0.25, 0.3) is 5.91 Å². The zero-order chi connectivity index (χ0) is 18.0. The summed E-state index contributed by atoms with van der Waals surface area (Å²) in [5, 5.41) is 6.78. The van der Waals surface area contributed by atoms with E-state index in [0.29, 0.717) is 23.4 Å². The molecule has 3 aromatic rings. The van der Waals surface area contributed by atoms with Gasteiger partial charge < -0.3 is 15.1 Å². The molecule has 0 radical (unpaired) electrons. The normalized spacial score (nSPS) is 10.7. The zero-order valence-electron chi connectivity index (χ0n) is 14.5. The molecule has 1 amide bonds. The molecule has 0 spiro atoms. The van der Waals surface area contributed by atoms with E-state index in [0.717, 1.165) is 22.1 Å². The van der Waals surface area contributed by atoms with Gasteiger partial charge in [0.05, 0.1) is 5.56 Å². The number of amides is 1. The van der Waals surface area contributed by atoms with E-state index >= 15 is 0 Å². The van der Waals surface area contributed by atoms with Crippen LogP contribution in [0.5, 0.6) is 0 Å². The molecule has 5 nitrogen and oxygen atoms in total. The average Bonchev–Trinajstić information content (AvgIpc) is 2.62. The van der Waals surface area contributed by atoms with Crippen LogP contribution in [0.25, 0.3) is 11.0 Å². The van der Waals surface area contributed by atoms with Gasteiger partial charge in [-0.25, -0.2) is 4.79 Å². The van der Waals surface area contributed by atoms with Crippen molar-refractivity contribution < 1.29 is 9.21 Å². The van der Waals surface area contributed by atoms with Gasteiger partial charge in [0.2, 0.25) is 0 Å². The van der Waals surface area contributed by atoms with E-state index < -0.39 is 0 Å². The number of fused-ring (bicyclic) bond motifs is 1. The maximum atomic E-state index is 12.0. The monoisotopic (exact) mass is 336 g/mol. The quantitative estimate of drug-likeness (QED) is 0.717. The van der Waals surface area contributed by atoms with Crippen molar-refractivity contribution in [3.05, 3.63) is 75.1 Å². The number of carbonyl (C=O) groups is 1. The highest BCUT2D eigenvalue weighted by atomic mass is 16.4. The minimum Gasteiger partial charge on any atom is -0.422 e. The highest BCUT2D eigenvalue weighted by molar-refractivity contribution is 5.99. The van der Waals surface area contributed by atoms with Gasteiger partial charge in [-0.05, 0) is 42.7 Å². The second-order valence-electron chi connectivity index (χ2n) is 5.95. The summed E-state index contributed by atoms with van der Waals surface area (Å²) in [6.07, 6.45) is 0. The number of aryl methyl sites for hydroxylation is 2. The molecule has 0 saturated carbocycles. The van der Waals surface area contributed by atoms with Crippen LogP contribution in [-0.4, -0.2) is 13.0 Å². The van der Waals surface area contributed by atoms with E-state index in [9.17, 15) is 9.59 Å². The first-order valence-corrected chi connectivity index (χ1v) is 8.09.